The molecule has 25 heavy (non-hydrogen) atoms. The van der Waals surface area contributed by atoms with Gasteiger partial charge in [0.25, 0.3) is 0 Å². The van der Waals surface area contributed by atoms with E-state index in [9.17, 15) is 13.5 Å². The van der Waals surface area contributed by atoms with Crippen molar-refractivity contribution in [3.8, 4) is 0 Å². The number of pyridine rings is 1. The van der Waals surface area contributed by atoms with Gasteiger partial charge in [-0.05, 0) is 17.7 Å². The summed E-state index contributed by atoms with van der Waals surface area (Å²) in [5.41, 5.74) is 0.807. The first-order valence-electron chi connectivity index (χ1n) is 8.08. The van der Waals surface area contributed by atoms with E-state index in [4.69, 9.17) is 4.74 Å². The summed E-state index contributed by atoms with van der Waals surface area (Å²) < 4.78 is 31.6. The maximum atomic E-state index is 12.5. The monoisotopic (exact) mass is 363 g/mol. The van der Waals surface area contributed by atoms with Gasteiger partial charge < -0.3 is 15.2 Å². The predicted octanol–water partition coefficient (Wildman–Crippen LogP) is 1.25. The zero-order chi connectivity index (χ0) is 17.7. The number of aromatic nitrogens is 1. The highest BCUT2D eigenvalue weighted by Gasteiger charge is 2.26. The summed E-state index contributed by atoms with van der Waals surface area (Å²) >= 11 is 0. The van der Waals surface area contributed by atoms with E-state index >= 15 is 0 Å². The van der Waals surface area contributed by atoms with Crippen LogP contribution >= 0.6 is 0 Å². The van der Waals surface area contributed by atoms with Gasteiger partial charge in [0.2, 0.25) is 10.0 Å². The molecule has 1 fully saturated rings. The van der Waals surface area contributed by atoms with Gasteiger partial charge in [-0.3, -0.25) is 0 Å². The van der Waals surface area contributed by atoms with Gasteiger partial charge in [-0.2, -0.15) is 4.31 Å². The minimum Gasteiger partial charge on any atom is -0.387 e. The molecule has 2 N–H and O–H groups in total. The van der Waals surface area contributed by atoms with Crippen molar-refractivity contribution < 1.29 is 18.3 Å². The van der Waals surface area contributed by atoms with Crippen molar-refractivity contribution >= 4 is 15.8 Å². The van der Waals surface area contributed by atoms with Gasteiger partial charge >= 0.3 is 0 Å². The van der Waals surface area contributed by atoms with Gasteiger partial charge in [0.05, 0.1) is 19.3 Å². The Morgan fingerprint density at radius 2 is 1.88 bits per heavy atom. The van der Waals surface area contributed by atoms with Crippen molar-refractivity contribution in [2.75, 3.05) is 38.2 Å². The molecule has 1 aromatic heterocycles. The number of anilines is 1. The molecule has 0 unspecified atom stereocenters. The standard InChI is InChI=1S/C17H21N3O4S/c21-16(14-4-2-1-3-5-14)13-19-17-7-6-15(12-18-17)25(22,23)20-8-10-24-11-9-20/h1-7,12,16,21H,8-11,13H2,(H,18,19)/t16-/m1/s1. The fourth-order valence-corrected chi connectivity index (χ4v) is 3.92. The number of nitrogens with one attached hydrogen (secondary N) is 1. The second-order valence-corrected chi connectivity index (χ2v) is 7.64. The first-order chi connectivity index (χ1) is 12.1. The van der Waals surface area contributed by atoms with Crippen LogP contribution < -0.4 is 5.32 Å². The summed E-state index contributed by atoms with van der Waals surface area (Å²) in [5.74, 6) is 0.510. The Hall–Kier alpha value is -2.00. The number of ether oxygens (including phenoxy) is 1. The van der Waals surface area contributed by atoms with Gasteiger partial charge in [-0.15, -0.1) is 0 Å². The van der Waals surface area contributed by atoms with E-state index in [0.29, 0.717) is 32.1 Å². The molecule has 0 amide bonds. The van der Waals surface area contributed by atoms with Crippen LogP contribution in [0.2, 0.25) is 0 Å². The smallest absolute Gasteiger partial charge is 0.244 e. The second-order valence-electron chi connectivity index (χ2n) is 5.70. The van der Waals surface area contributed by atoms with E-state index < -0.39 is 16.1 Å². The van der Waals surface area contributed by atoms with Gasteiger partial charge in [0, 0.05) is 25.8 Å². The molecular weight excluding hydrogens is 342 g/mol. The maximum absolute atomic E-state index is 12.5. The van der Waals surface area contributed by atoms with Crippen LogP contribution in [-0.2, 0) is 14.8 Å². The minimum absolute atomic E-state index is 0.156. The highest BCUT2D eigenvalue weighted by Crippen LogP contribution is 2.18. The number of morpholine rings is 1. The first kappa shape index (κ1) is 17.8. The van der Waals surface area contributed by atoms with Crippen molar-refractivity contribution in [1.82, 2.24) is 9.29 Å². The number of rotatable bonds is 6. The normalized spacial score (nSPS) is 17.2. The molecule has 1 saturated heterocycles. The number of hydrogen-bond donors (Lipinski definition) is 2. The van der Waals surface area contributed by atoms with Crippen molar-refractivity contribution in [2.24, 2.45) is 0 Å². The van der Waals surface area contributed by atoms with E-state index in [1.165, 1.54) is 16.6 Å². The molecule has 3 rings (SSSR count). The lowest BCUT2D eigenvalue weighted by Crippen LogP contribution is -2.40. The predicted molar refractivity (Wildman–Crippen MR) is 93.7 cm³/mol. The molecular formula is C17H21N3O4S. The zero-order valence-corrected chi connectivity index (χ0v) is 14.5. The van der Waals surface area contributed by atoms with E-state index in [0.717, 1.165) is 5.56 Å². The van der Waals surface area contributed by atoms with Crippen molar-refractivity contribution in [2.45, 2.75) is 11.0 Å². The van der Waals surface area contributed by atoms with Crippen LogP contribution in [0.3, 0.4) is 0 Å². The number of aliphatic hydroxyl groups is 1. The lowest BCUT2D eigenvalue weighted by atomic mass is 10.1. The van der Waals surface area contributed by atoms with Gasteiger partial charge in [-0.1, -0.05) is 30.3 Å². The van der Waals surface area contributed by atoms with Crippen LogP contribution in [0.5, 0.6) is 0 Å². The molecule has 0 spiro atoms. The molecule has 134 valence electrons. The summed E-state index contributed by atoms with van der Waals surface area (Å²) in [4.78, 5) is 4.30. The fraction of sp³-hybridized carbons (Fsp3) is 0.353. The summed E-state index contributed by atoms with van der Waals surface area (Å²) in [6.07, 6.45) is 0.668. The number of hydrogen-bond acceptors (Lipinski definition) is 6. The molecule has 7 nitrogen and oxygen atoms in total. The van der Waals surface area contributed by atoms with Gasteiger partial charge in [0.15, 0.2) is 0 Å². The van der Waals surface area contributed by atoms with Crippen LogP contribution in [0.15, 0.2) is 53.6 Å². The molecule has 0 radical (unpaired) electrons. The minimum atomic E-state index is -3.54. The Morgan fingerprint density at radius 3 is 2.52 bits per heavy atom. The Balaban J connectivity index is 1.62. The summed E-state index contributed by atoms with van der Waals surface area (Å²) in [5, 5.41) is 13.1. The molecule has 1 aliphatic heterocycles. The first-order valence-corrected chi connectivity index (χ1v) is 9.52. The molecule has 0 aliphatic carbocycles. The third-order valence-corrected chi connectivity index (χ3v) is 5.89. The molecule has 0 saturated carbocycles. The van der Waals surface area contributed by atoms with Crippen LogP contribution in [0.1, 0.15) is 11.7 Å². The number of benzene rings is 1. The van der Waals surface area contributed by atoms with Crippen LogP contribution in [0.4, 0.5) is 5.82 Å². The third kappa shape index (κ3) is 4.35. The fourth-order valence-electron chi connectivity index (χ4n) is 2.57. The molecule has 2 heterocycles. The topological polar surface area (TPSA) is 91.8 Å². The van der Waals surface area contributed by atoms with Gasteiger partial charge in [-0.25, -0.2) is 13.4 Å². The highest BCUT2D eigenvalue weighted by atomic mass is 32.2. The molecule has 1 aromatic carbocycles. The molecule has 8 heteroatoms. The Labute approximate surface area is 147 Å². The lowest BCUT2D eigenvalue weighted by Gasteiger charge is -2.25. The summed E-state index contributed by atoms with van der Waals surface area (Å²) in [6, 6.07) is 12.4. The summed E-state index contributed by atoms with van der Waals surface area (Å²) in [7, 11) is -3.54. The van der Waals surface area contributed by atoms with Gasteiger partial charge in [0.1, 0.15) is 10.7 Å². The van der Waals surface area contributed by atoms with E-state index in [2.05, 4.69) is 10.3 Å². The molecule has 0 bridgehead atoms. The van der Waals surface area contributed by atoms with Crippen molar-refractivity contribution in [3.63, 3.8) is 0 Å². The van der Waals surface area contributed by atoms with Crippen molar-refractivity contribution in [1.29, 1.82) is 0 Å². The summed E-state index contributed by atoms with van der Waals surface area (Å²) in [6.45, 7) is 1.80. The lowest BCUT2D eigenvalue weighted by molar-refractivity contribution is 0.0730. The quantitative estimate of drug-likeness (QED) is 0.803. The third-order valence-electron chi connectivity index (χ3n) is 4.01. The Bertz CT molecular complexity index is 775. The SMILES string of the molecule is O=S(=O)(c1ccc(NC[C@@H](O)c2ccccc2)nc1)N1CCOCC1. The molecule has 1 aliphatic rings. The van der Waals surface area contributed by atoms with E-state index in [1.54, 1.807) is 6.07 Å². The van der Waals surface area contributed by atoms with Crippen molar-refractivity contribution in [3.05, 3.63) is 54.2 Å². The maximum Gasteiger partial charge on any atom is 0.244 e. The number of aliphatic hydroxyl groups excluding tert-OH is 1. The molecule has 2 aromatic rings. The molecule has 1 atom stereocenters. The second kappa shape index (κ2) is 7.92. The van der Waals surface area contributed by atoms with E-state index in [1.807, 2.05) is 30.3 Å². The average molecular weight is 363 g/mol. The zero-order valence-electron chi connectivity index (χ0n) is 13.7. The van der Waals surface area contributed by atoms with E-state index in [-0.39, 0.29) is 11.4 Å². The Kier molecular flexibility index (Phi) is 5.64. The van der Waals surface area contributed by atoms with Crippen LogP contribution in [0.25, 0.3) is 0 Å². The number of nitrogens with zero attached hydrogens (tertiary/aromatic N) is 2. The van der Waals surface area contributed by atoms with Crippen LogP contribution in [0, 0.1) is 0 Å². The Morgan fingerprint density at radius 1 is 1.16 bits per heavy atom. The number of sulfonamides is 1. The largest absolute Gasteiger partial charge is 0.387 e. The average Bonchev–Trinajstić information content (AvgIpc) is 2.68. The van der Waals surface area contributed by atoms with Crippen LogP contribution in [-0.4, -0.2) is 55.7 Å². The highest BCUT2D eigenvalue weighted by molar-refractivity contribution is 7.89.